The Kier molecular flexibility index (Phi) is 3.52. The third-order valence-corrected chi connectivity index (χ3v) is 2.81. The molecule has 1 N–H and O–H groups in total. The second kappa shape index (κ2) is 5.64. The molecule has 1 amide bonds. The summed E-state index contributed by atoms with van der Waals surface area (Å²) in [6.07, 6.45) is 4.25. The predicted octanol–water partition coefficient (Wildman–Crippen LogP) is -0.858. The number of hydrogen-bond acceptors (Lipinski definition) is 6. The van der Waals surface area contributed by atoms with Gasteiger partial charge in [-0.05, 0) is 36.0 Å². The highest BCUT2D eigenvalue weighted by Gasteiger charge is 2.17. The van der Waals surface area contributed by atoms with E-state index >= 15 is 0 Å². The zero-order valence-electron chi connectivity index (χ0n) is 11.6. The summed E-state index contributed by atoms with van der Waals surface area (Å²) >= 11 is 0. The Morgan fingerprint density at radius 3 is 3.27 bits per heavy atom. The molecule has 0 saturated heterocycles. The quantitative estimate of drug-likeness (QED) is 0.383. The number of hydrogen-bond donors (Lipinski definition) is 1. The lowest BCUT2D eigenvalue weighted by atomic mass is 10.4. The van der Waals surface area contributed by atoms with Crippen LogP contribution in [-0.4, -0.2) is 26.8 Å². The van der Waals surface area contributed by atoms with Crippen molar-refractivity contribution in [2.75, 3.05) is 0 Å². The largest absolute Gasteiger partial charge is 0.867 e. The molecule has 0 spiro atoms. The fourth-order valence-corrected chi connectivity index (χ4v) is 1.92. The number of carbonyl (C=O) groups is 1. The molecular weight excluding hydrogens is 288 g/mol. The van der Waals surface area contributed by atoms with E-state index in [-0.39, 0.29) is 17.9 Å². The van der Waals surface area contributed by atoms with Gasteiger partial charge in [-0.3, -0.25) is 4.79 Å². The number of carbonyl (C=O) groups excluding carboxylic acids is 1. The Hall–Kier alpha value is -3.23. The predicted molar refractivity (Wildman–Crippen MR) is 71.8 cm³/mol. The van der Waals surface area contributed by atoms with Gasteiger partial charge in [0.25, 0.3) is 12.2 Å². The molecule has 0 aromatic carbocycles. The highest BCUT2D eigenvalue weighted by molar-refractivity contribution is 5.79. The van der Waals surface area contributed by atoms with Gasteiger partial charge in [-0.2, -0.15) is 5.10 Å². The molecule has 0 aliphatic carbocycles. The zero-order chi connectivity index (χ0) is 15.5. The van der Waals surface area contributed by atoms with Crippen molar-refractivity contribution in [3.05, 3.63) is 42.2 Å². The summed E-state index contributed by atoms with van der Waals surface area (Å²) in [5.41, 5.74) is 3.13. The average molecular weight is 300 g/mol. The lowest BCUT2D eigenvalue weighted by Crippen LogP contribution is -2.44. The van der Waals surface area contributed by atoms with Crippen molar-refractivity contribution in [1.82, 2.24) is 20.1 Å². The topological polar surface area (TPSA) is 112 Å². The Labute approximate surface area is 124 Å². The van der Waals surface area contributed by atoms with E-state index in [0.717, 1.165) is 0 Å². The molecule has 0 atom stereocenters. The van der Waals surface area contributed by atoms with E-state index in [2.05, 4.69) is 20.7 Å². The van der Waals surface area contributed by atoms with Crippen LogP contribution in [-0.2, 0) is 11.3 Å². The number of nitrogens with one attached hydrogen (secondary N) is 1. The van der Waals surface area contributed by atoms with Crippen LogP contribution in [0.4, 0.5) is 0 Å². The molecule has 0 fully saturated rings. The summed E-state index contributed by atoms with van der Waals surface area (Å²) in [5, 5.41) is 23.8. The second-order valence-corrected chi connectivity index (χ2v) is 4.52. The SMILES string of the molecule is Cc1cc([O-])c2n(cn[n+]2CC(=O)N/N=C\c2ccco2)n1. The Bertz CT molecular complexity index is 837. The van der Waals surface area contributed by atoms with Gasteiger partial charge in [-0.1, -0.05) is 9.61 Å². The van der Waals surface area contributed by atoms with Gasteiger partial charge in [-0.25, -0.2) is 5.43 Å². The maximum absolute atomic E-state index is 11.9. The van der Waals surface area contributed by atoms with Crippen molar-refractivity contribution in [2.45, 2.75) is 13.5 Å². The van der Waals surface area contributed by atoms with E-state index in [4.69, 9.17) is 4.42 Å². The number of amides is 1. The smallest absolute Gasteiger partial charge is 0.321 e. The van der Waals surface area contributed by atoms with Crippen LogP contribution in [0.1, 0.15) is 11.5 Å². The molecule has 9 heteroatoms. The van der Waals surface area contributed by atoms with Crippen LogP contribution in [0.3, 0.4) is 0 Å². The number of rotatable bonds is 4. The van der Waals surface area contributed by atoms with E-state index in [1.807, 2.05) is 0 Å². The summed E-state index contributed by atoms with van der Waals surface area (Å²) < 4.78 is 7.65. The van der Waals surface area contributed by atoms with Crippen molar-refractivity contribution in [2.24, 2.45) is 5.10 Å². The minimum atomic E-state index is -0.423. The highest BCUT2D eigenvalue weighted by atomic mass is 16.3. The summed E-state index contributed by atoms with van der Waals surface area (Å²) in [6, 6.07) is 4.80. The number of aromatic nitrogens is 4. The Morgan fingerprint density at radius 1 is 1.64 bits per heavy atom. The fourth-order valence-electron chi connectivity index (χ4n) is 1.92. The molecular formula is C13H12N6O3. The average Bonchev–Trinajstić information content (AvgIpc) is 3.09. The first-order chi connectivity index (χ1) is 10.6. The summed E-state index contributed by atoms with van der Waals surface area (Å²) in [5.74, 6) is -0.160. The first-order valence-corrected chi connectivity index (χ1v) is 6.41. The van der Waals surface area contributed by atoms with E-state index < -0.39 is 5.91 Å². The molecule has 3 aromatic rings. The summed E-state index contributed by atoms with van der Waals surface area (Å²) in [4.78, 5) is 11.8. The van der Waals surface area contributed by atoms with Crippen LogP contribution in [0.25, 0.3) is 5.65 Å². The normalized spacial score (nSPS) is 11.3. The maximum atomic E-state index is 11.9. The summed E-state index contributed by atoms with van der Waals surface area (Å²) in [6.45, 7) is 1.56. The van der Waals surface area contributed by atoms with Gasteiger partial charge in [0.2, 0.25) is 0 Å². The van der Waals surface area contributed by atoms with Crippen LogP contribution in [0.2, 0.25) is 0 Å². The molecule has 9 nitrogen and oxygen atoms in total. The van der Waals surface area contributed by atoms with Crippen molar-refractivity contribution < 1.29 is 19.0 Å². The molecule has 0 saturated carbocycles. The first kappa shape index (κ1) is 13.7. The van der Waals surface area contributed by atoms with Crippen molar-refractivity contribution in [1.29, 1.82) is 0 Å². The number of hydrazone groups is 1. The second-order valence-electron chi connectivity index (χ2n) is 4.52. The van der Waals surface area contributed by atoms with Gasteiger partial charge in [-0.15, -0.1) is 4.68 Å². The monoisotopic (exact) mass is 300 g/mol. The Balaban J connectivity index is 1.72. The van der Waals surface area contributed by atoms with Gasteiger partial charge in [0.15, 0.2) is 6.54 Å². The molecule has 3 heterocycles. The molecule has 0 aliphatic rings. The third-order valence-electron chi connectivity index (χ3n) is 2.81. The fraction of sp³-hybridized carbons (Fsp3) is 0.154. The molecule has 0 unspecified atom stereocenters. The van der Waals surface area contributed by atoms with Crippen LogP contribution in [0.15, 0.2) is 40.3 Å². The first-order valence-electron chi connectivity index (χ1n) is 6.41. The maximum Gasteiger partial charge on any atom is 0.321 e. The molecule has 3 aromatic heterocycles. The number of aryl methyl sites for hydroxylation is 1. The van der Waals surface area contributed by atoms with Gasteiger partial charge in [0.05, 0.1) is 18.2 Å². The number of fused-ring (bicyclic) bond motifs is 1. The molecule has 3 rings (SSSR count). The Morgan fingerprint density at radius 2 is 2.50 bits per heavy atom. The van der Waals surface area contributed by atoms with Crippen LogP contribution in [0, 0.1) is 6.92 Å². The van der Waals surface area contributed by atoms with E-state index in [1.165, 1.54) is 34.1 Å². The number of nitrogens with zero attached hydrogens (tertiary/aromatic N) is 5. The van der Waals surface area contributed by atoms with Crippen molar-refractivity contribution >= 4 is 17.8 Å². The zero-order valence-corrected chi connectivity index (χ0v) is 11.6. The molecule has 0 bridgehead atoms. The minimum absolute atomic E-state index is 0.147. The molecule has 22 heavy (non-hydrogen) atoms. The third kappa shape index (κ3) is 2.77. The van der Waals surface area contributed by atoms with Crippen molar-refractivity contribution in [3.63, 3.8) is 0 Å². The van der Waals surface area contributed by atoms with E-state index in [9.17, 15) is 9.90 Å². The van der Waals surface area contributed by atoms with Crippen LogP contribution in [0.5, 0.6) is 5.75 Å². The van der Waals surface area contributed by atoms with Gasteiger partial charge < -0.3 is 9.52 Å². The highest BCUT2D eigenvalue weighted by Crippen LogP contribution is 2.10. The minimum Gasteiger partial charge on any atom is -0.867 e. The molecule has 112 valence electrons. The van der Waals surface area contributed by atoms with Crippen LogP contribution < -0.4 is 15.2 Å². The van der Waals surface area contributed by atoms with E-state index in [1.54, 1.807) is 19.1 Å². The van der Waals surface area contributed by atoms with Gasteiger partial charge >= 0.3 is 5.65 Å². The lowest BCUT2D eigenvalue weighted by molar-refractivity contribution is -0.717. The van der Waals surface area contributed by atoms with Gasteiger partial charge in [0, 0.05) is 0 Å². The molecule has 0 aliphatic heterocycles. The lowest BCUT2D eigenvalue weighted by Gasteiger charge is -2.04. The van der Waals surface area contributed by atoms with E-state index in [0.29, 0.717) is 11.5 Å². The standard InChI is InChI=1S/C13H12N6O3/c1-9-5-11(20)13-18(15-8-19(13)17-9)7-12(21)16-14-6-10-3-2-4-22-10/h2-6,8H,7H2,1H3,(H-,16,17,20,21)/b14-6-. The summed E-state index contributed by atoms with van der Waals surface area (Å²) in [7, 11) is 0. The molecule has 0 radical (unpaired) electrons. The number of furan rings is 1. The van der Waals surface area contributed by atoms with Gasteiger partial charge in [0.1, 0.15) is 5.76 Å². The van der Waals surface area contributed by atoms with Crippen LogP contribution >= 0.6 is 0 Å². The van der Waals surface area contributed by atoms with Crippen molar-refractivity contribution in [3.8, 4) is 5.75 Å².